The third kappa shape index (κ3) is 1.94. The van der Waals surface area contributed by atoms with Crippen LogP contribution in [0.25, 0.3) is 0 Å². The average molecular weight is 223 g/mol. The Labute approximate surface area is 96.8 Å². The summed E-state index contributed by atoms with van der Waals surface area (Å²) in [5, 5.41) is 4.63. The van der Waals surface area contributed by atoms with Gasteiger partial charge in [0.1, 0.15) is 0 Å². The number of aromatic nitrogens is 2. The Morgan fingerprint density at radius 1 is 1.44 bits per heavy atom. The van der Waals surface area contributed by atoms with Crippen LogP contribution in [0.5, 0.6) is 0 Å². The highest BCUT2D eigenvalue weighted by atomic mass is 16.5. The van der Waals surface area contributed by atoms with E-state index in [2.05, 4.69) is 23.6 Å². The molecule has 4 heteroatoms. The Hall–Kier alpha value is -1.03. The standard InChI is InChI=1S/C12H21N3O/c1-3-10-12(13)11(4-2)15(14-10)9-6-5-7-16-8-9/h9H,3-8,13H2,1-2H3. The molecule has 1 aromatic rings. The van der Waals surface area contributed by atoms with Gasteiger partial charge < -0.3 is 10.5 Å². The van der Waals surface area contributed by atoms with Crippen LogP contribution in [0.3, 0.4) is 0 Å². The Morgan fingerprint density at radius 2 is 2.25 bits per heavy atom. The minimum absolute atomic E-state index is 0.381. The van der Waals surface area contributed by atoms with Gasteiger partial charge in [0.05, 0.1) is 29.7 Å². The fourth-order valence-electron chi connectivity index (χ4n) is 2.37. The SMILES string of the molecule is CCc1nn(C2CCCOC2)c(CC)c1N. The molecule has 1 fully saturated rings. The van der Waals surface area contributed by atoms with Crippen LogP contribution in [-0.4, -0.2) is 23.0 Å². The van der Waals surface area contributed by atoms with E-state index < -0.39 is 0 Å². The van der Waals surface area contributed by atoms with E-state index in [1.165, 1.54) is 5.69 Å². The minimum Gasteiger partial charge on any atom is -0.396 e. The second-order valence-electron chi connectivity index (χ2n) is 4.33. The first kappa shape index (κ1) is 11.5. The summed E-state index contributed by atoms with van der Waals surface area (Å²) >= 11 is 0. The molecule has 1 aliphatic heterocycles. The molecule has 2 N–H and O–H groups in total. The number of hydrogen-bond donors (Lipinski definition) is 1. The number of nitrogen functional groups attached to an aromatic ring is 1. The van der Waals surface area contributed by atoms with Gasteiger partial charge in [0.2, 0.25) is 0 Å². The van der Waals surface area contributed by atoms with Crippen LogP contribution >= 0.6 is 0 Å². The lowest BCUT2D eigenvalue weighted by atomic mass is 10.1. The molecule has 1 aliphatic rings. The number of rotatable bonds is 3. The highest BCUT2D eigenvalue weighted by molar-refractivity contribution is 5.48. The lowest BCUT2D eigenvalue weighted by Crippen LogP contribution is -2.23. The van der Waals surface area contributed by atoms with E-state index in [4.69, 9.17) is 10.5 Å². The molecule has 0 aliphatic carbocycles. The fraction of sp³-hybridized carbons (Fsp3) is 0.750. The maximum absolute atomic E-state index is 6.11. The highest BCUT2D eigenvalue weighted by Crippen LogP contribution is 2.26. The van der Waals surface area contributed by atoms with Crippen molar-refractivity contribution >= 4 is 5.69 Å². The minimum atomic E-state index is 0.381. The van der Waals surface area contributed by atoms with Gasteiger partial charge in [-0.15, -0.1) is 0 Å². The van der Waals surface area contributed by atoms with Gasteiger partial charge in [-0.25, -0.2) is 0 Å². The van der Waals surface area contributed by atoms with Crippen molar-refractivity contribution in [2.24, 2.45) is 0 Å². The Bertz CT molecular complexity index is 353. The van der Waals surface area contributed by atoms with Crippen LogP contribution in [0.2, 0.25) is 0 Å². The van der Waals surface area contributed by atoms with Gasteiger partial charge in [0.25, 0.3) is 0 Å². The molecule has 1 atom stereocenters. The van der Waals surface area contributed by atoms with Crippen LogP contribution in [0.1, 0.15) is 44.1 Å². The van der Waals surface area contributed by atoms with Gasteiger partial charge >= 0.3 is 0 Å². The van der Waals surface area contributed by atoms with Crippen molar-refractivity contribution in [3.05, 3.63) is 11.4 Å². The molecule has 1 unspecified atom stereocenters. The topological polar surface area (TPSA) is 53.1 Å². The van der Waals surface area contributed by atoms with E-state index in [0.717, 1.165) is 50.3 Å². The molecule has 2 heterocycles. The Kier molecular flexibility index (Phi) is 3.49. The molecule has 90 valence electrons. The summed E-state index contributed by atoms with van der Waals surface area (Å²) in [6.45, 7) is 5.89. The summed E-state index contributed by atoms with van der Waals surface area (Å²) in [5.41, 5.74) is 9.20. The predicted molar refractivity (Wildman–Crippen MR) is 64.5 cm³/mol. The first-order valence-electron chi connectivity index (χ1n) is 6.21. The van der Waals surface area contributed by atoms with Crippen molar-refractivity contribution in [2.45, 2.75) is 45.6 Å². The van der Waals surface area contributed by atoms with Gasteiger partial charge in [-0.1, -0.05) is 13.8 Å². The third-order valence-electron chi connectivity index (χ3n) is 3.28. The molecular weight excluding hydrogens is 202 g/mol. The molecule has 1 saturated heterocycles. The van der Waals surface area contributed by atoms with E-state index in [0.29, 0.717) is 6.04 Å². The van der Waals surface area contributed by atoms with Crippen molar-refractivity contribution in [3.63, 3.8) is 0 Å². The van der Waals surface area contributed by atoms with Gasteiger partial charge in [0.15, 0.2) is 0 Å². The quantitative estimate of drug-likeness (QED) is 0.852. The van der Waals surface area contributed by atoms with Crippen LogP contribution in [0.15, 0.2) is 0 Å². The van der Waals surface area contributed by atoms with Gasteiger partial charge in [-0.2, -0.15) is 5.10 Å². The zero-order chi connectivity index (χ0) is 11.5. The van der Waals surface area contributed by atoms with E-state index in [-0.39, 0.29) is 0 Å². The second kappa shape index (κ2) is 4.87. The fourth-order valence-corrected chi connectivity index (χ4v) is 2.37. The maximum atomic E-state index is 6.11. The lowest BCUT2D eigenvalue weighted by Gasteiger charge is -2.24. The highest BCUT2D eigenvalue weighted by Gasteiger charge is 2.22. The van der Waals surface area contributed by atoms with Crippen LogP contribution in [-0.2, 0) is 17.6 Å². The van der Waals surface area contributed by atoms with Crippen molar-refractivity contribution in [2.75, 3.05) is 18.9 Å². The molecule has 0 saturated carbocycles. The molecular formula is C12H21N3O. The normalized spacial score (nSPS) is 21.2. The van der Waals surface area contributed by atoms with E-state index in [1.54, 1.807) is 0 Å². The monoisotopic (exact) mass is 223 g/mol. The van der Waals surface area contributed by atoms with Crippen LogP contribution < -0.4 is 5.73 Å². The number of aryl methyl sites for hydroxylation is 1. The molecule has 1 aromatic heterocycles. The van der Waals surface area contributed by atoms with Crippen molar-refractivity contribution < 1.29 is 4.74 Å². The van der Waals surface area contributed by atoms with Gasteiger partial charge in [-0.05, 0) is 25.7 Å². The van der Waals surface area contributed by atoms with Crippen molar-refractivity contribution in [1.82, 2.24) is 9.78 Å². The molecule has 4 nitrogen and oxygen atoms in total. The predicted octanol–water partition coefficient (Wildman–Crippen LogP) is 1.94. The van der Waals surface area contributed by atoms with Crippen molar-refractivity contribution in [1.29, 1.82) is 0 Å². The number of ether oxygens (including phenoxy) is 1. The number of anilines is 1. The summed E-state index contributed by atoms with van der Waals surface area (Å²) in [4.78, 5) is 0. The summed E-state index contributed by atoms with van der Waals surface area (Å²) < 4.78 is 7.62. The van der Waals surface area contributed by atoms with E-state index in [1.807, 2.05) is 0 Å². The summed E-state index contributed by atoms with van der Waals surface area (Å²) in [6, 6.07) is 0.381. The molecule has 0 amide bonds. The molecule has 2 rings (SSSR count). The largest absolute Gasteiger partial charge is 0.396 e. The number of nitrogens with two attached hydrogens (primary N) is 1. The van der Waals surface area contributed by atoms with Gasteiger partial charge in [-0.3, -0.25) is 4.68 Å². The third-order valence-corrected chi connectivity index (χ3v) is 3.28. The summed E-state index contributed by atoms with van der Waals surface area (Å²) in [5.74, 6) is 0. The van der Waals surface area contributed by atoms with Crippen LogP contribution in [0.4, 0.5) is 5.69 Å². The number of hydrogen-bond acceptors (Lipinski definition) is 3. The lowest BCUT2D eigenvalue weighted by molar-refractivity contribution is 0.0538. The number of nitrogens with zero attached hydrogens (tertiary/aromatic N) is 2. The molecule has 0 radical (unpaired) electrons. The molecule has 0 bridgehead atoms. The van der Waals surface area contributed by atoms with Crippen molar-refractivity contribution in [3.8, 4) is 0 Å². The average Bonchev–Trinajstić information content (AvgIpc) is 2.66. The summed E-state index contributed by atoms with van der Waals surface area (Å²) in [6.07, 6.45) is 4.11. The van der Waals surface area contributed by atoms with Gasteiger partial charge in [0, 0.05) is 6.61 Å². The first-order chi connectivity index (χ1) is 7.77. The van der Waals surface area contributed by atoms with Crippen LogP contribution in [0, 0.1) is 0 Å². The zero-order valence-corrected chi connectivity index (χ0v) is 10.2. The Balaban J connectivity index is 2.31. The maximum Gasteiger partial charge on any atom is 0.0854 e. The second-order valence-corrected chi connectivity index (χ2v) is 4.33. The molecule has 16 heavy (non-hydrogen) atoms. The van der Waals surface area contributed by atoms with E-state index >= 15 is 0 Å². The zero-order valence-electron chi connectivity index (χ0n) is 10.2. The first-order valence-corrected chi connectivity index (χ1v) is 6.21. The molecule has 0 spiro atoms. The smallest absolute Gasteiger partial charge is 0.0854 e. The summed E-state index contributed by atoms with van der Waals surface area (Å²) in [7, 11) is 0. The van der Waals surface area contributed by atoms with E-state index in [9.17, 15) is 0 Å². The Morgan fingerprint density at radius 3 is 2.81 bits per heavy atom. The molecule has 0 aromatic carbocycles.